The minimum absolute atomic E-state index is 0.673. The lowest BCUT2D eigenvalue weighted by atomic mass is 10.2. The van der Waals surface area contributed by atoms with Crippen molar-refractivity contribution in [3.05, 3.63) is 0 Å². The fourth-order valence-electron chi connectivity index (χ4n) is 0.753. The standard InChI is InChI=1S/C8H16N2O/c1-11-8-7-10-6-4-2-3-5-9/h10H,2-4,6-8H2,1H3. The predicted molar refractivity (Wildman–Crippen MR) is 44.2 cm³/mol. The summed E-state index contributed by atoms with van der Waals surface area (Å²) in [6.07, 6.45) is 2.75. The Balaban J connectivity index is 2.75. The molecule has 0 fully saturated rings. The molecule has 3 heteroatoms. The maximum atomic E-state index is 8.22. The van der Waals surface area contributed by atoms with E-state index in [1.54, 1.807) is 7.11 Å². The van der Waals surface area contributed by atoms with Gasteiger partial charge in [-0.15, -0.1) is 0 Å². The van der Waals surface area contributed by atoms with Crippen molar-refractivity contribution in [1.29, 1.82) is 5.26 Å². The van der Waals surface area contributed by atoms with Crippen LogP contribution in [-0.4, -0.2) is 26.8 Å². The first-order valence-corrected chi connectivity index (χ1v) is 3.98. The van der Waals surface area contributed by atoms with Crippen molar-refractivity contribution in [1.82, 2.24) is 5.32 Å². The van der Waals surface area contributed by atoms with E-state index < -0.39 is 0 Å². The molecular weight excluding hydrogens is 140 g/mol. The van der Waals surface area contributed by atoms with E-state index in [9.17, 15) is 0 Å². The number of unbranched alkanes of at least 4 members (excludes halogenated alkanes) is 2. The Kier molecular flexibility index (Phi) is 8.91. The number of nitrogens with zero attached hydrogens (tertiary/aromatic N) is 1. The molecule has 0 spiro atoms. The van der Waals surface area contributed by atoms with Gasteiger partial charge in [0.15, 0.2) is 0 Å². The molecule has 3 nitrogen and oxygen atoms in total. The summed E-state index contributed by atoms with van der Waals surface area (Å²) in [6, 6.07) is 2.12. The maximum Gasteiger partial charge on any atom is 0.0621 e. The van der Waals surface area contributed by atoms with Crippen LogP contribution in [0.1, 0.15) is 19.3 Å². The van der Waals surface area contributed by atoms with Crippen LogP contribution < -0.4 is 5.32 Å². The molecule has 0 aromatic heterocycles. The van der Waals surface area contributed by atoms with E-state index in [4.69, 9.17) is 10.00 Å². The van der Waals surface area contributed by atoms with E-state index in [-0.39, 0.29) is 0 Å². The van der Waals surface area contributed by atoms with Crippen molar-refractivity contribution >= 4 is 0 Å². The first-order chi connectivity index (χ1) is 5.41. The molecule has 0 aliphatic rings. The lowest BCUT2D eigenvalue weighted by Gasteiger charge is -2.01. The summed E-state index contributed by atoms with van der Waals surface area (Å²) in [5.74, 6) is 0. The molecule has 0 unspecified atom stereocenters. The molecule has 0 radical (unpaired) electrons. The topological polar surface area (TPSA) is 45.0 Å². The summed E-state index contributed by atoms with van der Waals surface area (Å²) in [5.41, 5.74) is 0. The first-order valence-electron chi connectivity index (χ1n) is 3.98. The second-order valence-electron chi connectivity index (χ2n) is 2.36. The van der Waals surface area contributed by atoms with E-state index >= 15 is 0 Å². The van der Waals surface area contributed by atoms with Crippen molar-refractivity contribution < 1.29 is 4.74 Å². The quantitative estimate of drug-likeness (QED) is 0.557. The van der Waals surface area contributed by atoms with Crippen molar-refractivity contribution in [2.24, 2.45) is 0 Å². The Morgan fingerprint density at radius 3 is 2.82 bits per heavy atom. The van der Waals surface area contributed by atoms with Crippen LogP contribution in [0.25, 0.3) is 0 Å². The van der Waals surface area contributed by atoms with E-state index in [1.165, 1.54) is 0 Å². The molecular formula is C8H16N2O. The van der Waals surface area contributed by atoms with Gasteiger partial charge in [0.1, 0.15) is 0 Å². The van der Waals surface area contributed by atoms with Gasteiger partial charge >= 0.3 is 0 Å². The van der Waals surface area contributed by atoms with Crippen LogP contribution >= 0.6 is 0 Å². The summed E-state index contributed by atoms with van der Waals surface area (Å²) >= 11 is 0. The van der Waals surface area contributed by atoms with Crippen LogP contribution in [0.2, 0.25) is 0 Å². The second kappa shape index (κ2) is 9.41. The summed E-state index contributed by atoms with van der Waals surface area (Å²) < 4.78 is 4.85. The van der Waals surface area contributed by atoms with E-state index in [0.717, 1.165) is 32.5 Å². The Morgan fingerprint density at radius 2 is 2.18 bits per heavy atom. The van der Waals surface area contributed by atoms with Crippen LogP contribution in [0.3, 0.4) is 0 Å². The van der Waals surface area contributed by atoms with Crippen LogP contribution in [0.5, 0.6) is 0 Å². The molecule has 0 aliphatic heterocycles. The molecule has 0 aromatic carbocycles. The molecule has 0 aliphatic carbocycles. The lowest BCUT2D eigenvalue weighted by molar-refractivity contribution is 0.199. The van der Waals surface area contributed by atoms with E-state index in [1.807, 2.05) is 0 Å². The van der Waals surface area contributed by atoms with Gasteiger partial charge in [0.25, 0.3) is 0 Å². The normalized spacial score (nSPS) is 9.45. The number of methoxy groups -OCH3 is 1. The zero-order valence-electron chi connectivity index (χ0n) is 7.10. The fourth-order valence-corrected chi connectivity index (χ4v) is 0.753. The number of ether oxygens (including phenoxy) is 1. The first kappa shape index (κ1) is 10.4. The molecule has 0 atom stereocenters. The minimum atomic E-state index is 0.673. The van der Waals surface area contributed by atoms with Gasteiger partial charge in [-0.1, -0.05) is 0 Å². The average molecular weight is 156 g/mol. The van der Waals surface area contributed by atoms with Gasteiger partial charge in [0.05, 0.1) is 12.7 Å². The van der Waals surface area contributed by atoms with Crippen molar-refractivity contribution in [3.63, 3.8) is 0 Å². The van der Waals surface area contributed by atoms with E-state index in [2.05, 4.69) is 11.4 Å². The second-order valence-corrected chi connectivity index (χ2v) is 2.36. The number of hydrogen-bond acceptors (Lipinski definition) is 3. The smallest absolute Gasteiger partial charge is 0.0621 e. The summed E-state index contributed by atoms with van der Waals surface area (Å²) in [4.78, 5) is 0. The molecule has 0 rings (SSSR count). The lowest BCUT2D eigenvalue weighted by Crippen LogP contribution is -2.20. The Morgan fingerprint density at radius 1 is 1.36 bits per heavy atom. The molecule has 1 N–H and O–H groups in total. The highest BCUT2D eigenvalue weighted by Gasteiger charge is 1.87. The Hall–Kier alpha value is -0.590. The molecule has 0 aromatic rings. The molecule has 0 bridgehead atoms. The zero-order valence-corrected chi connectivity index (χ0v) is 7.10. The van der Waals surface area contributed by atoms with Crippen LogP contribution in [0.15, 0.2) is 0 Å². The number of nitrogens with one attached hydrogen (secondary N) is 1. The minimum Gasteiger partial charge on any atom is -0.383 e. The fraction of sp³-hybridized carbons (Fsp3) is 0.875. The van der Waals surface area contributed by atoms with Gasteiger partial charge in [-0.25, -0.2) is 0 Å². The summed E-state index contributed by atoms with van der Waals surface area (Å²) in [7, 11) is 1.69. The largest absolute Gasteiger partial charge is 0.383 e. The van der Waals surface area contributed by atoms with E-state index in [0.29, 0.717) is 6.42 Å². The van der Waals surface area contributed by atoms with Gasteiger partial charge in [0, 0.05) is 20.1 Å². The third kappa shape index (κ3) is 9.41. The zero-order chi connectivity index (χ0) is 8.36. The number of hydrogen-bond donors (Lipinski definition) is 1. The molecule has 0 heterocycles. The molecule has 11 heavy (non-hydrogen) atoms. The third-order valence-electron chi connectivity index (χ3n) is 1.38. The van der Waals surface area contributed by atoms with Crippen molar-refractivity contribution in [2.75, 3.05) is 26.8 Å². The molecule has 0 saturated heterocycles. The highest BCUT2D eigenvalue weighted by molar-refractivity contribution is 4.68. The van der Waals surface area contributed by atoms with Crippen LogP contribution in [0.4, 0.5) is 0 Å². The van der Waals surface area contributed by atoms with Crippen LogP contribution in [0, 0.1) is 11.3 Å². The maximum absolute atomic E-state index is 8.22. The number of nitriles is 1. The Bertz CT molecular complexity index is 109. The van der Waals surface area contributed by atoms with Crippen molar-refractivity contribution in [3.8, 4) is 6.07 Å². The molecule has 64 valence electrons. The predicted octanol–water partition coefficient (Wildman–Crippen LogP) is 0.916. The van der Waals surface area contributed by atoms with Gasteiger partial charge in [-0.2, -0.15) is 5.26 Å². The average Bonchev–Trinajstić information content (AvgIpc) is 2.03. The van der Waals surface area contributed by atoms with Gasteiger partial charge in [-0.05, 0) is 19.4 Å². The van der Waals surface area contributed by atoms with Gasteiger partial charge < -0.3 is 10.1 Å². The number of rotatable bonds is 7. The van der Waals surface area contributed by atoms with Gasteiger partial charge in [0.2, 0.25) is 0 Å². The van der Waals surface area contributed by atoms with Gasteiger partial charge in [-0.3, -0.25) is 0 Å². The monoisotopic (exact) mass is 156 g/mol. The summed E-state index contributed by atoms with van der Waals surface area (Å²) in [5, 5.41) is 11.4. The Labute approximate surface area is 68.3 Å². The highest BCUT2D eigenvalue weighted by Crippen LogP contribution is 1.90. The summed E-state index contributed by atoms with van der Waals surface area (Å²) in [6.45, 7) is 2.66. The third-order valence-corrected chi connectivity index (χ3v) is 1.38. The van der Waals surface area contributed by atoms with Crippen LogP contribution in [-0.2, 0) is 4.74 Å². The molecule has 0 amide bonds. The highest BCUT2D eigenvalue weighted by atomic mass is 16.5. The van der Waals surface area contributed by atoms with Crippen molar-refractivity contribution in [2.45, 2.75) is 19.3 Å². The SMILES string of the molecule is COCCNCCCCC#N. The molecule has 0 saturated carbocycles.